The Morgan fingerprint density at radius 1 is 1.75 bits per heavy atom. The third kappa shape index (κ3) is 1.36. The van der Waals surface area contributed by atoms with Crippen molar-refractivity contribution in [3.8, 4) is 0 Å². The molecule has 1 heterocycles. The molecular formula is C10H17NO. The number of nitrogens with two attached hydrogens (primary N) is 1. The maximum absolute atomic E-state index is 6.06. The van der Waals surface area contributed by atoms with Gasteiger partial charge in [-0.3, -0.25) is 0 Å². The Hall–Kier alpha value is -0.500. The zero-order valence-electron chi connectivity index (χ0n) is 7.62. The van der Waals surface area contributed by atoms with Crippen LogP contribution >= 0.6 is 0 Å². The third-order valence-electron chi connectivity index (χ3n) is 3.02. The van der Waals surface area contributed by atoms with Gasteiger partial charge in [-0.15, -0.1) is 0 Å². The van der Waals surface area contributed by atoms with E-state index in [1.807, 2.05) is 0 Å². The van der Waals surface area contributed by atoms with Crippen molar-refractivity contribution < 1.29 is 4.74 Å². The summed E-state index contributed by atoms with van der Waals surface area (Å²) in [6, 6.07) is 0.192. The van der Waals surface area contributed by atoms with Crippen LogP contribution in [-0.2, 0) is 4.74 Å². The smallest absolute Gasteiger partial charge is 0.109 e. The molecule has 12 heavy (non-hydrogen) atoms. The quantitative estimate of drug-likeness (QED) is 0.694. The van der Waals surface area contributed by atoms with Gasteiger partial charge in [-0.25, -0.2) is 0 Å². The van der Waals surface area contributed by atoms with Crippen molar-refractivity contribution in [3.05, 3.63) is 11.8 Å². The molecule has 0 bridgehead atoms. The summed E-state index contributed by atoms with van der Waals surface area (Å²) in [5.41, 5.74) is 6.06. The fourth-order valence-electron chi connectivity index (χ4n) is 2.06. The Kier molecular flexibility index (Phi) is 2.09. The maximum atomic E-state index is 6.06. The molecule has 68 valence electrons. The minimum Gasteiger partial charge on any atom is -0.496 e. The van der Waals surface area contributed by atoms with E-state index in [0.29, 0.717) is 5.92 Å². The average molecular weight is 167 g/mol. The molecule has 2 rings (SSSR count). The van der Waals surface area contributed by atoms with Gasteiger partial charge in [0.15, 0.2) is 0 Å². The van der Waals surface area contributed by atoms with Crippen molar-refractivity contribution in [3.63, 3.8) is 0 Å². The average Bonchev–Trinajstić information content (AvgIpc) is 2.68. The second-order valence-electron chi connectivity index (χ2n) is 3.84. The Bertz CT molecular complexity index is 200. The van der Waals surface area contributed by atoms with Crippen LogP contribution in [0.4, 0.5) is 0 Å². The van der Waals surface area contributed by atoms with Gasteiger partial charge in [-0.05, 0) is 24.3 Å². The van der Waals surface area contributed by atoms with Gasteiger partial charge in [0.2, 0.25) is 0 Å². The minimum absolute atomic E-state index is 0.192. The van der Waals surface area contributed by atoms with Gasteiger partial charge in [0, 0.05) is 6.42 Å². The van der Waals surface area contributed by atoms with Crippen LogP contribution in [0, 0.1) is 11.8 Å². The van der Waals surface area contributed by atoms with Crippen LogP contribution in [0.2, 0.25) is 0 Å². The first-order valence-corrected chi connectivity index (χ1v) is 4.91. The second kappa shape index (κ2) is 3.09. The summed E-state index contributed by atoms with van der Waals surface area (Å²) in [5.74, 6) is 2.63. The molecule has 2 N–H and O–H groups in total. The van der Waals surface area contributed by atoms with Gasteiger partial charge in [0.25, 0.3) is 0 Å². The van der Waals surface area contributed by atoms with Crippen LogP contribution < -0.4 is 5.73 Å². The first-order chi connectivity index (χ1) is 5.83. The fourth-order valence-corrected chi connectivity index (χ4v) is 2.06. The van der Waals surface area contributed by atoms with Gasteiger partial charge in [-0.1, -0.05) is 13.3 Å². The van der Waals surface area contributed by atoms with E-state index in [2.05, 4.69) is 13.0 Å². The lowest BCUT2D eigenvalue weighted by Crippen LogP contribution is -2.26. The van der Waals surface area contributed by atoms with Crippen LogP contribution in [-0.4, -0.2) is 12.6 Å². The van der Waals surface area contributed by atoms with E-state index in [1.54, 1.807) is 0 Å². The first kappa shape index (κ1) is 8.11. The highest BCUT2D eigenvalue weighted by Crippen LogP contribution is 2.45. The van der Waals surface area contributed by atoms with Crippen molar-refractivity contribution in [2.24, 2.45) is 17.6 Å². The maximum Gasteiger partial charge on any atom is 0.109 e. The lowest BCUT2D eigenvalue weighted by molar-refractivity contribution is 0.218. The van der Waals surface area contributed by atoms with Crippen molar-refractivity contribution in [2.75, 3.05) is 6.61 Å². The molecule has 1 aliphatic heterocycles. The molecule has 2 aliphatic rings. The summed E-state index contributed by atoms with van der Waals surface area (Å²) in [5, 5.41) is 0. The summed E-state index contributed by atoms with van der Waals surface area (Å²) in [6.45, 7) is 3.08. The highest BCUT2D eigenvalue weighted by molar-refractivity contribution is 5.12. The van der Waals surface area contributed by atoms with Gasteiger partial charge < -0.3 is 10.5 Å². The Morgan fingerprint density at radius 2 is 2.58 bits per heavy atom. The predicted molar refractivity (Wildman–Crippen MR) is 48.5 cm³/mol. The molecule has 0 aromatic rings. The zero-order valence-corrected chi connectivity index (χ0v) is 7.62. The fraction of sp³-hybridized carbons (Fsp3) is 0.800. The molecule has 0 spiro atoms. The van der Waals surface area contributed by atoms with Crippen molar-refractivity contribution >= 4 is 0 Å². The topological polar surface area (TPSA) is 35.2 Å². The highest BCUT2D eigenvalue weighted by Gasteiger charge is 2.42. The zero-order chi connectivity index (χ0) is 8.55. The number of ether oxygens (including phenoxy) is 1. The highest BCUT2D eigenvalue weighted by atomic mass is 16.5. The molecule has 3 unspecified atom stereocenters. The van der Waals surface area contributed by atoms with E-state index in [0.717, 1.165) is 24.7 Å². The van der Waals surface area contributed by atoms with Crippen LogP contribution in [0.25, 0.3) is 0 Å². The van der Waals surface area contributed by atoms with E-state index >= 15 is 0 Å². The number of rotatable bonds is 3. The molecule has 1 aliphatic carbocycles. The standard InChI is InChI=1S/C10H17NO/c1-2-7-6-8(7)10(11)9-4-3-5-12-9/h4,7-8,10H,2-3,5-6,11H2,1H3. The first-order valence-electron chi connectivity index (χ1n) is 4.91. The molecule has 1 saturated carbocycles. The Balaban J connectivity index is 1.88. The molecule has 3 atom stereocenters. The normalized spacial score (nSPS) is 35.7. The molecule has 0 radical (unpaired) electrons. The molecule has 2 nitrogen and oxygen atoms in total. The van der Waals surface area contributed by atoms with Gasteiger partial charge in [-0.2, -0.15) is 0 Å². The molecule has 1 fully saturated rings. The summed E-state index contributed by atoms with van der Waals surface area (Å²) in [6.07, 6.45) is 5.77. The van der Waals surface area contributed by atoms with E-state index in [1.165, 1.54) is 12.8 Å². The van der Waals surface area contributed by atoms with Crippen LogP contribution in [0.1, 0.15) is 26.2 Å². The lowest BCUT2D eigenvalue weighted by atomic mass is 10.1. The number of hydrogen-bond donors (Lipinski definition) is 1. The molecule has 0 aromatic heterocycles. The van der Waals surface area contributed by atoms with Gasteiger partial charge >= 0.3 is 0 Å². The summed E-state index contributed by atoms with van der Waals surface area (Å²) in [4.78, 5) is 0. The van der Waals surface area contributed by atoms with E-state index in [9.17, 15) is 0 Å². The molecule has 2 heteroatoms. The molecule has 0 saturated heterocycles. The Labute approximate surface area is 73.8 Å². The Morgan fingerprint density at radius 3 is 3.08 bits per heavy atom. The van der Waals surface area contributed by atoms with E-state index in [4.69, 9.17) is 10.5 Å². The second-order valence-corrected chi connectivity index (χ2v) is 3.84. The lowest BCUT2D eigenvalue weighted by Gasteiger charge is -2.12. The summed E-state index contributed by atoms with van der Waals surface area (Å²) < 4.78 is 5.44. The van der Waals surface area contributed by atoms with E-state index in [-0.39, 0.29) is 6.04 Å². The largest absolute Gasteiger partial charge is 0.496 e. The van der Waals surface area contributed by atoms with Crippen LogP contribution in [0.15, 0.2) is 11.8 Å². The van der Waals surface area contributed by atoms with E-state index < -0.39 is 0 Å². The van der Waals surface area contributed by atoms with Crippen molar-refractivity contribution in [1.82, 2.24) is 0 Å². The SMILES string of the molecule is CCC1CC1C(N)C1=CCCO1. The van der Waals surface area contributed by atoms with Crippen LogP contribution in [0.5, 0.6) is 0 Å². The summed E-state index contributed by atoms with van der Waals surface area (Å²) in [7, 11) is 0. The van der Waals surface area contributed by atoms with Crippen molar-refractivity contribution in [1.29, 1.82) is 0 Å². The van der Waals surface area contributed by atoms with Crippen LogP contribution in [0.3, 0.4) is 0 Å². The molecule has 0 aromatic carbocycles. The minimum atomic E-state index is 0.192. The third-order valence-corrected chi connectivity index (χ3v) is 3.02. The monoisotopic (exact) mass is 167 g/mol. The van der Waals surface area contributed by atoms with Gasteiger partial charge in [0.05, 0.1) is 12.6 Å². The van der Waals surface area contributed by atoms with Crippen molar-refractivity contribution in [2.45, 2.75) is 32.2 Å². The predicted octanol–water partition coefficient (Wildman–Crippen LogP) is 1.66. The van der Waals surface area contributed by atoms with Gasteiger partial charge in [0.1, 0.15) is 5.76 Å². The summed E-state index contributed by atoms with van der Waals surface area (Å²) >= 11 is 0. The molecular weight excluding hydrogens is 150 g/mol. The number of hydrogen-bond acceptors (Lipinski definition) is 2. The molecule has 0 amide bonds.